The molecule has 0 unspecified atom stereocenters. The lowest BCUT2D eigenvalue weighted by atomic mass is 10.0. The van der Waals surface area contributed by atoms with Crippen molar-refractivity contribution in [1.82, 2.24) is 10.3 Å². The van der Waals surface area contributed by atoms with Gasteiger partial charge in [0.1, 0.15) is 0 Å². The molecule has 5 heteroatoms. The number of hydrogen-bond donors (Lipinski definition) is 3. The van der Waals surface area contributed by atoms with Gasteiger partial charge in [0.25, 0.3) is 0 Å². The normalized spacial score (nSPS) is 12.3. The lowest BCUT2D eigenvalue weighted by molar-refractivity contribution is -0.121. The SMILES string of the molecule is Cc1ccccc1C[C@@H](CO)NC(=O)Cc1c[nH]c2ccc(Cl)cc12. The third-order valence-electron chi connectivity index (χ3n) is 4.39. The van der Waals surface area contributed by atoms with Gasteiger partial charge in [-0.15, -0.1) is 0 Å². The number of nitrogens with one attached hydrogen (secondary N) is 2. The number of carbonyl (C=O) groups is 1. The summed E-state index contributed by atoms with van der Waals surface area (Å²) in [6.45, 7) is 1.93. The molecule has 130 valence electrons. The monoisotopic (exact) mass is 356 g/mol. The summed E-state index contributed by atoms with van der Waals surface area (Å²) in [5.41, 5.74) is 4.12. The number of halogens is 1. The van der Waals surface area contributed by atoms with Gasteiger partial charge in [0.05, 0.1) is 19.1 Å². The van der Waals surface area contributed by atoms with Crippen LogP contribution in [-0.4, -0.2) is 28.6 Å². The molecule has 3 N–H and O–H groups in total. The Morgan fingerprint density at radius 1 is 1.24 bits per heavy atom. The molecule has 1 heterocycles. The molecule has 0 spiro atoms. The van der Waals surface area contributed by atoms with E-state index in [1.165, 1.54) is 0 Å². The van der Waals surface area contributed by atoms with E-state index in [4.69, 9.17) is 11.6 Å². The van der Waals surface area contributed by atoms with Crippen molar-refractivity contribution in [2.24, 2.45) is 0 Å². The Morgan fingerprint density at radius 3 is 2.80 bits per heavy atom. The summed E-state index contributed by atoms with van der Waals surface area (Å²) in [6.07, 6.45) is 2.68. The third kappa shape index (κ3) is 4.21. The number of carbonyl (C=O) groups excluding carboxylic acids is 1. The van der Waals surface area contributed by atoms with Crippen LogP contribution in [0.1, 0.15) is 16.7 Å². The standard InChI is InChI=1S/C20H21ClN2O2/c1-13-4-2-3-5-14(13)8-17(12-24)23-20(25)9-15-11-22-19-7-6-16(21)10-18(15)19/h2-7,10-11,17,22,24H,8-9,12H2,1H3,(H,23,25)/t17-/m0/s1. The molecule has 1 amide bonds. The highest BCUT2D eigenvalue weighted by atomic mass is 35.5. The Morgan fingerprint density at radius 2 is 2.04 bits per heavy atom. The second kappa shape index (κ2) is 7.72. The summed E-state index contributed by atoms with van der Waals surface area (Å²) < 4.78 is 0. The first-order valence-corrected chi connectivity index (χ1v) is 8.65. The fourth-order valence-corrected chi connectivity index (χ4v) is 3.19. The number of rotatable bonds is 6. The molecule has 1 atom stereocenters. The minimum atomic E-state index is -0.303. The number of amides is 1. The molecule has 0 saturated heterocycles. The number of fused-ring (bicyclic) bond motifs is 1. The Hall–Kier alpha value is -2.30. The molecule has 0 radical (unpaired) electrons. The topological polar surface area (TPSA) is 65.1 Å². The van der Waals surface area contributed by atoms with Crippen molar-refractivity contribution in [3.63, 3.8) is 0 Å². The summed E-state index contributed by atoms with van der Waals surface area (Å²) in [4.78, 5) is 15.6. The molecule has 0 saturated carbocycles. The summed E-state index contributed by atoms with van der Waals surface area (Å²) in [7, 11) is 0. The molecule has 3 aromatic rings. The molecule has 0 aliphatic rings. The van der Waals surface area contributed by atoms with Gasteiger partial charge < -0.3 is 15.4 Å². The fourth-order valence-electron chi connectivity index (χ4n) is 3.01. The van der Waals surface area contributed by atoms with E-state index in [0.717, 1.165) is 27.6 Å². The molecule has 3 rings (SSSR count). The number of aliphatic hydroxyl groups is 1. The van der Waals surface area contributed by atoms with Crippen molar-refractivity contribution in [3.05, 3.63) is 70.4 Å². The summed E-state index contributed by atoms with van der Waals surface area (Å²) >= 11 is 6.05. The van der Waals surface area contributed by atoms with Gasteiger partial charge in [-0.25, -0.2) is 0 Å². The van der Waals surface area contributed by atoms with Crippen LogP contribution in [0.4, 0.5) is 0 Å². The summed E-state index contributed by atoms with van der Waals surface area (Å²) in [6, 6.07) is 13.3. The predicted molar refractivity (Wildman–Crippen MR) is 101 cm³/mol. The van der Waals surface area contributed by atoms with E-state index >= 15 is 0 Å². The molecule has 0 aliphatic carbocycles. The highest BCUT2D eigenvalue weighted by Crippen LogP contribution is 2.22. The van der Waals surface area contributed by atoms with E-state index in [9.17, 15) is 9.90 Å². The lowest BCUT2D eigenvalue weighted by Crippen LogP contribution is -2.40. The van der Waals surface area contributed by atoms with Crippen molar-refractivity contribution >= 4 is 28.4 Å². The number of benzene rings is 2. The van der Waals surface area contributed by atoms with Crippen LogP contribution >= 0.6 is 11.6 Å². The first-order valence-electron chi connectivity index (χ1n) is 8.27. The molecular weight excluding hydrogens is 336 g/mol. The first-order chi connectivity index (χ1) is 12.1. The van der Waals surface area contributed by atoms with Crippen molar-refractivity contribution in [2.75, 3.05) is 6.61 Å². The van der Waals surface area contributed by atoms with Gasteiger partial charge in [-0.3, -0.25) is 4.79 Å². The maximum Gasteiger partial charge on any atom is 0.224 e. The van der Waals surface area contributed by atoms with Crippen molar-refractivity contribution in [1.29, 1.82) is 0 Å². The highest BCUT2D eigenvalue weighted by Gasteiger charge is 2.15. The van der Waals surface area contributed by atoms with E-state index in [1.54, 1.807) is 0 Å². The van der Waals surface area contributed by atoms with Gasteiger partial charge in [-0.1, -0.05) is 35.9 Å². The predicted octanol–water partition coefficient (Wildman–Crippen LogP) is 3.39. The van der Waals surface area contributed by atoms with Gasteiger partial charge in [-0.05, 0) is 48.2 Å². The minimum absolute atomic E-state index is 0.0974. The Bertz CT molecular complexity index is 888. The Kier molecular flexibility index (Phi) is 5.41. The third-order valence-corrected chi connectivity index (χ3v) is 4.63. The van der Waals surface area contributed by atoms with Crippen LogP contribution < -0.4 is 5.32 Å². The van der Waals surface area contributed by atoms with E-state index < -0.39 is 0 Å². The molecule has 0 bridgehead atoms. The number of aromatic nitrogens is 1. The average molecular weight is 357 g/mol. The van der Waals surface area contributed by atoms with Gasteiger partial charge >= 0.3 is 0 Å². The zero-order valence-electron chi connectivity index (χ0n) is 14.1. The number of H-pyrrole nitrogens is 1. The van der Waals surface area contributed by atoms with Crippen LogP contribution in [0.3, 0.4) is 0 Å². The lowest BCUT2D eigenvalue weighted by Gasteiger charge is -2.17. The van der Waals surface area contributed by atoms with Crippen LogP contribution in [0.15, 0.2) is 48.7 Å². The Labute approximate surface area is 151 Å². The van der Waals surface area contributed by atoms with Crippen molar-refractivity contribution < 1.29 is 9.90 Å². The van der Waals surface area contributed by atoms with Gasteiger partial charge in [0.15, 0.2) is 0 Å². The maximum atomic E-state index is 12.4. The smallest absolute Gasteiger partial charge is 0.224 e. The zero-order chi connectivity index (χ0) is 17.8. The minimum Gasteiger partial charge on any atom is -0.394 e. The van der Waals surface area contributed by atoms with Crippen LogP contribution in [0.5, 0.6) is 0 Å². The first kappa shape index (κ1) is 17.5. The van der Waals surface area contributed by atoms with Gasteiger partial charge in [0.2, 0.25) is 5.91 Å². The molecule has 2 aromatic carbocycles. The number of aliphatic hydroxyl groups excluding tert-OH is 1. The van der Waals surface area contributed by atoms with Crippen LogP contribution in [0, 0.1) is 6.92 Å². The second-order valence-corrected chi connectivity index (χ2v) is 6.69. The fraction of sp³-hybridized carbons (Fsp3) is 0.250. The maximum absolute atomic E-state index is 12.4. The number of aryl methyl sites for hydroxylation is 1. The van der Waals surface area contributed by atoms with Crippen molar-refractivity contribution in [3.8, 4) is 0 Å². The summed E-state index contributed by atoms with van der Waals surface area (Å²) in [5, 5.41) is 14.1. The second-order valence-electron chi connectivity index (χ2n) is 6.26. The van der Waals surface area contributed by atoms with Crippen LogP contribution in [-0.2, 0) is 17.6 Å². The molecular formula is C20H21ClN2O2. The highest BCUT2D eigenvalue weighted by molar-refractivity contribution is 6.31. The molecule has 25 heavy (non-hydrogen) atoms. The molecule has 0 fully saturated rings. The largest absolute Gasteiger partial charge is 0.394 e. The molecule has 1 aromatic heterocycles. The molecule has 0 aliphatic heterocycles. The number of hydrogen-bond acceptors (Lipinski definition) is 2. The Balaban J connectivity index is 1.68. The summed E-state index contributed by atoms with van der Waals surface area (Å²) in [5.74, 6) is -0.117. The van der Waals surface area contributed by atoms with E-state index in [-0.39, 0.29) is 25.0 Å². The van der Waals surface area contributed by atoms with E-state index in [2.05, 4.69) is 10.3 Å². The zero-order valence-corrected chi connectivity index (χ0v) is 14.8. The quantitative estimate of drug-likeness (QED) is 0.633. The van der Waals surface area contributed by atoms with Gasteiger partial charge in [-0.2, -0.15) is 0 Å². The van der Waals surface area contributed by atoms with Crippen LogP contribution in [0.25, 0.3) is 10.9 Å². The van der Waals surface area contributed by atoms with Crippen molar-refractivity contribution in [2.45, 2.75) is 25.8 Å². The van der Waals surface area contributed by atoms with E-state index in [0.29, 0.717) is 11.4 Å². The average Bonchev–Trinajstić information content (AvgIpc) is 2.98. The molecule has 4 nitrogen and oxygen atoms in total. The van der Waals surface area contributed by atoms with E-state index in [1.807, 2.05) is 55.6 Å². The van der Waals surface area contributed by atoms with Crippen LogP contribution in [0.2, 0.25) is 5.02 Å². The van der Waals surface area contributed by atoms with Gasteiger partial charge in [0, 0.05) is 22.1 Å². The number of aromatic amines is 1.